The van der Waals surface area contributed by atoms with Gasteiger partial charge in [0.2, 0.25) is 0 Å². The highest BCUT2D eigenvalue weighted by Gasteiger charge is 2.12. The third kappa shape index (κ3) is 3.26. The second kappa shape index (κ2) is 6.42. The van der Waals surface area contributed by atoms with Crippen LogP contribution in [0.5, 0.6) is 0 Å². The van der Waals surface area contributed by atoms with Gasteiger partial charge < -0.3 is 5.32 Å². The van der Waals surface area contributed by atoms with Crippen molar-refractivity contribution in [1.29, 1.82) is 0 Å². The van der Waals surface area contributed by atoms with E-state index in [1.807, 2.05) is 48.7 Å². The van der Waals surface area contributed by atoms with E-state index in [4.69, 9.17) is 0 Å². The smallest absolute Gasteiger partial charge is 0.255 e. The number of nitrogens with one attached hydrogen (secondary N) is 1. The fourth-order valence-electron chi connectivity index (χ4n) is 2.13. The van der Waals surface area contributed by atoms with Crippen LogP contribution in [-0.4, -0.2) is 10.9 Å². The predicted molar refractivity (Wildman–Crippen MR) is 94.4 cm³/mol. The Labute approximate surface area is 141 Å². The first kappa shape index (κ1) is 14.9. The molecule has 0 atom stereocenters. The van der Waals surface area contributed by atoms with Crippen LogP contribution in [0.4, 0.5) is 5.69 Å². The molecule has 2 aromatic carbocycles. The summed E-state index contributed by atoms with van der Waals surface area (Å²) in [4.78, 5) is 16.9. The Bertz CT molecular complexity index is 829. The van der Waals surface area contributed by atoms with E-state index in [2.05, 4.69) is 26.2 Å². The second-order valence-electron chi connectivity index (χ2n) is 4.76. The number of para-hydroxylation sites is 1. The van der Waals surface area contributed by atoms with Crippen molar-refractivity contribution in [3.05, 3.63) is 69.0 Å². The van der Waals surface area contributed by atoms with Gasteiger partial charge in [-0.15, -0.1) is 11.3 Å². The van der Waals surface area contributed by atoms with Crippen molar-refractivity contribution >= 4 is 38.9 Å². The molecule has 3 rings (SSSR count). The average Bonchev–Trinajstić information content (AvgIpc) is 2.94. The van der Waals surface area contributed by atoms with Gasteiger partial charge in [0.05, 0.1) is 16.4 Å². The van der Waals surface area contributed by atoms with Crippen LogP contribution in [0.15, 0.2) is 58.4 Å². The Balaban J connectivity index is 1.91. The molecule has 3 aromatic rings. The van der Waals surface area contributed by atoms with Gasteiger partial charge in [-0.2, -0.15) is 0 Å². The molecule has 1 heterocycles. The SMILES string of the molecule is Cc1nc(-c2ccccc2NC(=O)c2cccc(Br)c2)cs1. The van der Waals surface area contributed by atoms with Gasteiger partial charge in [0, 0.05) is 21.0 Å². The molecule has 0 saturated carbocycles. The molecule has 0 saturated heterocycles. The summed E-state index contributed by atoms with van der Waals surface area (Å²) < 4.78 is 0.878. The summed E-state index contributed by atoms with van der Waals surface area (Å²) in [5, 5.41) is 5.97. The van der Waals surface area contributed by atoms with Crippen LogP contribution in [0.25, 0.3) is 11.3 Å². The fourth-order valence-corrected chi connectivity index (χ4v) is 3.14. The van der Waals surface area contributed by atoms with Gasteiger partial charge in [-0.3, -0.25) is 4.79 Å². The highest BCUT2D eigenvalue weighted by Crippen LogP contribution is 2.29. The van der Waals surface area contributed by atoms with Crippen molar-refractivity contribution < 1.29 is 4.79 Å². The van der Waals surface area contributed by atoms with E-state index in [1.54, 1.807) is 23.5 Å². The van der Waals surface area contributed by atoms with Crippen LogP contribution in [0.2, 0.25) is 0 Å². The number of amides is 1. The van der Waals surface area contributed by atoms with Gasteiger partial charge in [0.25, 0.3) is 5.91 Å². The van der Waals surface area contributed by atoms with Gasteiger partial charge in [-0.05, 0) is 31.2 Å². The van der Waals surface area contributed by atoms with Crippen LogP contribution in [0.3, 0.4) is 0 Å². The molecule has 3 nitrogen and oxygen atoms in total. The summed E-state index contributed by atoms with van der Waals surface area (Å²) >= 11 is 4.98. The first-order chi connectivity index (χ1) is 10.6. The van der Waals surface area contributed by atoms with Crippen LogP contribution in [0.1, 0.15) is 15.4 Å². The zero-order valence-corrected chi connectivity index (χ0v) is 14.2. The number of carbonyl (C=O) groups is 1. The summed E-state index contributed by atoms with van der Waals surface area (Å²) in [6.07, 6.45) is 0. The lowest BCUT2D eigenvalue weighted by atomic mass is 10.1. The van der Waals surface area contributed by atoms with Gasteiger partial charge in [0.15, 0.2) is 0 Å². The Morgan fingerprint density at radius 1 is 1.18 bits per heavy atom. The van der Waals surface area contributed by atoms with Crippen molar-refractivity contribution in [2.75, 3.05) is 5.32 Å². The molecule has 0 aliphatic rings. The Hall–Kier alpha value is -1.98. The van der Waals surface area contributed by atoms with Crippen molar-refractivity contribution in [2.24, 2.45) is 0 Å². The van der Waals surface area contributed by atoms with Crippen LogP contribution >= 0.6 is 27.3 Å². The third-order valence-corrected chi connectivity index (χ3v) is 4.42. The van der Waals surface area contributed by atoms with Gasteiger partial charge in [0.1, 0.15) is 0 Å². The number of thiazole rings is 1. The Kier molecular flexibility index (Phi) is 4.36. The molecular weight excluding hydrogens is 360 g/mol. The lowest BCUT2D eigenvalue weighted by Crippen LogP contribution is -2.12. The van der Waals surface area contributed by atoms with Crippen molar-refractivity contribution in [3.8, 4) is 11.3 Å². The quantitative estimate of drug-likeness (QED) is 0.691. The summed E-state index contributed by atoms with van der Waals surface area (Å²) in [5.41, 5.74) is 3.18. The molecule has 0 unspecified atom stereocenters. The van der Waals surface area contributed by atoms with Crippen LogP contribution in [-0.2, 0) is 0 Å². The molecule has 5 heteroatoms. The number of hydrogen-bond acceptors (Lipinski definition) is 3. The van der Waals surface area contributed by atoms with Crippen LogP contribution < -0.4 is 5.32 Å². The molecule has 1 N–H and O–H groups in total. The minimum atomic E-state index is -0.138. The molecule has 0 aliphatic heterocycles. The highest BCUT2D eigenvalue weighted by atomic mass is 79.9. The average molecular weight is 373 g/mol. The Morgan fingerprint density at radius 3 is 2.73 bits per heavy atom. The van der Waals surface area contributed by atoms with E-state index < -0.39 is 0 Å². The lowest BCUT2D eigenvalue weighted by molar-refractivity contribution is 0.102. The Morgan fingerprint density at radius 2 is 2.00 bits per heavy atom. The normalized spacial score (nSPS) is 10.5. The minimum absolute atomic E-state index is 0.138. The summed E-state index contributed by atoms with van der Waals surface area (Å²) in [6.45, 7) is 1.97. The summed E-state index contributed by atoms with van der Waals surface area (Å²) in [7, 11) is 0. The second-order valence-corrected chi connectivity index (χ2v) is 6.74. The zero-order chi connectivity index (χ0) is 15.5. The number of carbonyl (C=O) groups excluding carboxylic acids is 1. The van der Waals surface area contributed by atoms with Crippen LogP contribution in [0, 0.1) is 6.92 Å². The molecular formula is C17H13BrN2OS. The number of nitrogens with zero attached hydrogens (tertiary/aromatic N) is 1. The van der Waals surface area contributed by atoms with Gasteiger partial charge >= 0.3 is 0 Å². The largest absolute Gasteiger partial charge is 0.321 e. The van der Waals surface area contributed by atoms with E-state index in [0.717, 1.165) is 26.4 Å². The molecule has 0 spiro atoms. The highest BCUT2D eigenvalue weighted by molar-refractivity contribution is 9.10. The van der Waals surface area contributed by atoms with Gasteiger partial charge in [-0.1, -0.05) is 40.2 Å². The first-order valence-electron chi connectivity index (χ1n) is 6.72. The van der Waals surface area contributed by atoms with E-state index >= 15 is 0 Å². The number of rotatable bonds is 3. The number of anilines is 1. The monoisotopic (exact) mass is 372 g/mol. The maximum absolute atomic E-state index is 12.4. The van der Waals surface area contributed by atoms with E-state index in [1.165, 1.54) is 0 Å². The fraction of sp³-hybridized carbons (Fsp3) is 0.0588. The number of aromatic nitrogens is 1. The maximum Gasteiger partial charge on any atom is 0.255 e. The topological polar surface area (TPSA) is 42.0 Å². The number of aryl methyl sites for hydroxylation is 1. The summed E-state index contributed by atoms with van der Waals surface area (Å²) in [5.74, 6) is -0.138. The lowest BCUT2D eigenvalue weighted by Gasteiger charge is -2.10. The standard InChI is InChI=1S/C17H13BrN2OS/c1-11-19-16(10-22-11)14-7-2-3-8-15(14)20-17(21)12-5-4-6-13(18)9-12/h2-10H,1H3,(H,20,21). The number of benzene rings is 2. The molecule has 1 aromatic heterocycles. The van der Waals surface area contributed by atoms with Crippen molar-refractivity contribution in [1.82, 2.24) is 4.98 Å². The molecule has 22 heavy (non-hydrogen) atoms. The minimum Gasteiger partial charge on any atom is -0.321 e. The molecule has 0 radical (unpaired) electrons. The predicted octanol–water partition coefficient (Wildman–Crippen LogP) is 5.13. The zero-order valence-electron chi connectivity index (χ0n) is 11.8. The molecule has 0 fully saturated rings. The first-order valence-corrected chi connectivity index (χ1v) is 8.39. The number of halogens is 1. The number of hydrogen-bond donors (Lipinski definition) is 1. The molecule has 1 amide bonds. The maximum atomic E-state index is 12.4. The van der Waals surface area contributed by atoms with E-state index in [0.29, 0.717) is 5.56 Å². The summed E-state index contributed by atoms with van der Waals surface area (Å²) in [6, 6.07) is 15.0. The molecule has 110 valence electrons. The molecule has 0 aliphatic carbocycles. The van der Waals surface area contributed by atoms with Crippen molar-refractivity contribution in [2.45, 2.75) is 6.92 Å². The molecule has 0 bridgehead atoms. The van der Waals surface area contributed by atoms with Crippen molar-refractivity contribution in [3.63, 3.8) is 0 Å². The van der Waals surface area contributed by atoms with E-state index in [-0.39, 0.29) is 5.91 Å². The van der Waals surface area contributed by atoms with E-state index in [9.17, 15) is 4.79 Å². The third-order valence-electron chi connectivity index (χ3n) is 3.16. The van der Waals surface area contributed by atoms with Gasteiger partial charge in [-0.25, -0.2) is 4.98 Å².